The Morgan fingerprint density at radius 2 is 2.39 bits per heavy atom. The highest BCUT2D eigenvalue weighted by Crippen LogP contribution is 2.25. The van der Waals surface area contributed by atoms with E-state index in [-0.39, 0.29) is 11.9 Å². The van der Waals surface area contributed by atoms with Crippen LogP contribution in [-0.2, 0) is 0 Å². The van der Waals surface area contributed by atoms with E-state index in [0.717, 1.165) is 18.7 Å². The standard InChI is InChI=1S/C12H18N4O2/c1-8-3-5-16(7-11(8)17)10-6-14-4-2-9(10)12(13)15-18/h2,4,6,8,11,17-18H,3,5,7H2,1H3,(H2,13,15). The summed E-state index contributed by atoms with van der Waals surface area (Å²) in [7, 11) is 0. The fourth-order valence-electron chi connectivity index (χ4n) is 2.18. The first kappa shape index (κ1) is 12.6. The van der Waals surface area contributed by atoms with Crippen molar-refractivity contribution in [2.45, 2.75) is 19.4 Å². The molecule has 1 saturated heterocycles. The van der Waals surface area contributed by atoms with E-state index < -0.39 is 0 Å². The number of hydrogen-bond acceptors (Lipinski definition) is 5. The van der Waals surface area contributed by atoms with E-state index in [1.807, 2.05) is 11.8 Å². The molecule has 2 unspecified atom stereocenters. The topological polar surface area (TPSA) is 95.0 Å². The Labute approximate surface area is 106 Å². The lowest BCUT2D eigenvalue weighted by Gasteiger charge is -2.36. The summed E-state index contributed by atoms with van der Waals surface area (Å²) in [6, 6.07) is 1.70. The summed E-state index contributed by atoms with van der Waals surface area (Å²) in [4.78, 5) is 6.08. The molecule has 1 aliphatic rings. The highest BCUT2D eigenvalue weighted by molar-refractivity contribution is 6.02. The molecule has 4 N–H and O–H groups in total. The third-order valence-electron chi connectivity index (χ3n) is 3.44. The maximum atomic E-state index is 9.92. The summed E-state index contributed by atoms with van der Waals surface area (Å²) in [6.45, 7) is 3.41. The number of aromatic nitrogens is 1. The Hall–Kier alpha value is -1.82. The van der Waals surface area contributed by atoms with Crippen LogP contribution in [0.25, 0.3) is 0 Å². The number of nitrogens with two attached hydrogens (primary N) is 1. The number of amidine groups is 1. The predicted molar refractivity (Wildman–Crippen MR) is 68.7 cm³/mol. The number of oxime groups is 1. The molecule has 0 saturated carbocycles. The van der Waals surface area contributed by atoms with Crippen molar-refractivity contribution in [3.8, 4) is 0 Å². The second-order valence-corrected chi connectivity index (χ2v) is 4.66. The Kier molecular flexibility index (Phi) is 3.66. The Morgan fingerprint density at radius 3 is 3.06 bits per heavy atom. The summed E-state index contributed by atoms with van der Waals surface area (Å²) in [5, 5.41) is 21.7. The number of aliphatic hydroxyl groups is 1. The van der Waals surface area contributed by atoms with Crippen molar-refractivity contribution in [1.82, 2.24) is 4.98 Å². The molecule has 1 fully saturated rings. The average molecular weight is 250 g/mol. The van der Waals surface area contributed by atoms with Gasteiger partial charge in [-0.1, -0.05) is 12.1 Å². The van der Waals surface area contributed by atoms with Crippen molar-refractivity contribution in [2.24, 2.45) is 16.8 Å². The van der Waals surface area contributed by atoms with Gasteiger partial charge in [0, 0.05) is 24.8 Å². The first-order valence-electron chi connectivity index (χ1n) is 5.98. The molecule has 98 valence electrons. The molecule has 2 rings (SSSR count). The summed E-state index contributed by atoms with van der Waals surface area (Å²) in [6.07, 6.45) is 3.82. The predicted octanol–water partition coefficient (Wildman–Crippen LogP) is 0.383. The monoisotopic (exact) mass is 250 g/mol. The van der Waals surface area contributed by atoms with Gasteiger partial charge in [-0.05, 0) is 18.4 Å². The van der Waals surface area contributed by atoms with E-state index in [0.29, 0.717) is 18.0 Å². The Morgan fingerprint density at radius 1 is 1.61 bits per heavy atom. The second-order valence-electron chi connectivity index (χ2n) is 4.66. The fourth-order valence-corrected chi connectivity index (χ4v) is 2.18. The van der Waals surface area contributed by atoms with Crippen LogP contribution in [-0.4, -0.2) is 40.3 Å². The van der Waals surface area contributed by atoms with Gasteiger partial charge >= 0.3 is 0 Å². The first-order chi connectivity index (χ1) is 8.63. The highest BCUT2D eigenvalue weighted by atomic mass is 16.4. The molecule has 0 amide bonds. The molecule has 6 heteroatoms. The zero-order valence-corrected chi connectivity index (χ0v) is 10.3. The Balaban J connectivity index is 2.28. The van der Waals surface area contributed by atoms with Gasteiger partial charge in [0.15, 0.2) is 5.84 Å². The Bertz CT molecular complexity index is 449. The molecule has 0 aliphatic carbocycles. The van der Waals surface area contributed by atoms with E-state index in [9.17, 15) is 5.11 Å². The van der Waals surface area contributed by atoms with Crippen LogP contribution in [0.2, 0.25) is 0 Å². The molecule has 18 heavy (non-hydrogen) atoms. The molecular formula is C12H18N4O2. The maximum absolute atomic E-state index is 9.92. The normalized spacial score (nSPS) is 25.2. The summed E-state index contributed by atoms with van der Waals surface area (Å²) in [5.41, 5.74) is 7.07. The van der Waals surface area contributed by atoms with Gasteiger partial charge in [-0.2, -0.15) is 0 Å². The van der Waals surface area contributed by atoms with Crippen molar-refractivity contribution in [3.05, 3.63) is 24.0 Å². The number of piperidine rings is 1. The van der Waals surface area contributed by atoms with Crippen molar-refractivity contribution in [1.29, 1.82) is 0 Å². The van der Waals surface area contributed by atoms with Gasteiger partial charge in [0.25, 0.3) is 0 Å². The number of hydrogen-bond donors (Lipinski definition) is 3. The minimum absolute atomic E-state index is 0.0560. The van der Waals surface area contributed by atoms with Crippen LogP contribution in [0.15, 0.2) is 23.6 Å². The highest BCUT2D eigenvalue weighted by Gasteiger charge is 2.26. The molecule has 2 heterocycles. The largest absolute Gasteiger partial charge is 0.409 e. The lowest BCUT2D eigenvalue weighted by Crippen LogP contribution is -2.43. The number of β-amino-alcohol motifs (C(OH)–C–C–N with tert-alkyl or cyclic N) is 1. The lowest BCUT2D eigenvalue weighted by molar-refractivity contribution is 0.103. The van der Waals surface area contributed by atoms with E-state index in [1.165, 1.54) is 0 Å². The molecule has 0 bridgehead atoms. The van der Waals surface area contributed by atoms with Crippen molar-refractivity contribution in [3.63, 3.8) is 0 Å². The quantitative estimate of drug-likeness (QED) is 0.305. The van der Waals surface area contributed by atoms with Crippen LogP contribution >= 0.6 is 0 Å². The van der Waals surface area contributed by atoms with Gasteiger partial charge in [-0.25, -0.2) is 0 Å². The molecular weight excluding hydrogens is 232 g/mol. The number of nitrogens with zero attached hydrogens (tertiary/aromatic N) is 3. The van der Waals surface area contributed by atoms with Crippen LogP contribution in [0, 0.1) is 5.92 Å². The van der Waals surface area contributed by atoms with Gasteiger partial charge in [0.1, 0.15) is 0 Å². The molecule has 2 atom stereocenters. The van der Waals surface area contributed by atoms with E-state index in [4.69, 9.17) is 10.9 Å². The molecule has 1 aromatic heterocycles. The second kappa shape index (κ2) is 5.22. The van der Waals surface area contributed by atoms with Crippen LogP contribution < -0.4 is 10.6 Å². The lowest BCUT2D eigenvalue weighted by atomic mass is 9.95. The maximum Gasteiger partial charge on any atom is 0.172 e. The molecule has 0 radical (unpaired) electrons. The van der Waals surface area contributed by atoms with Crippen molar-refractivity contribution in [2.75, 3.05) is 18.0 Å². The van der Waals surface area contributed by atoms with Gasteiger partial charge in [0.2, 0.25) is 0 Å². The molecule has 6 nitrogen and oxygen atoms in total. The van der Waals surface area contributed by atoms with Crippen molar-refractivity contribution < 1.29 is 10.3 Å². The van der Waals surface area contributed by atoms with Gasteiger partial charge < -0.3 is 20.9 Å². The summed E-state index contributed by atoms with van der Waals surface area (Å²) < 4.78 is 0. The van der Waals surface area contributed by atoms with Crippen LogP contribution in [0.3, 0.4) is 0 Å². The smallest absolute Gasteiger partial charge is 0.172 e. The molecule has 0 aromatic carbocycles. The summed E-state index contributed by atoms with van der Waals surface area (Å²) >= 11 is 0. The number of rotatable bonds is 2. The molecule has 1 aromatic rings. The van der Waals surface area contributed by atoms with E-state index >= 15 is 0 Å². The van der Waals surface area contributed by atoms with Crippen LogP contribution in [0.1, 0.15) is 18.9 Å². The average Bonchev–Trinajstić information content (AvgIpc) is 2.41. The fraction of sp³-hybridized carbons (Fsp3) is 0.500. The van der Waals surface area contributed by atoms with Crippen molar-refractivity contribution >= 4 is 11.5 Å². The number of anilines is 1. The minimum atomic E-state index is -0.362. The SMILES string of the molecule is CC1CCN(c2cnccc2/C(N)=N/O)CC1O. The third-order valence-corrected chi connectivity index (χ3v) is 3.44. The zero-order valence-electron chi connectivity index (χ0n) is 10.3. The van der Waals surface area contributed by atoms with Crippen LogP contribution in [0.5, 0.6) is 0 Å². The van der Waals surface area contributed by atoms with Crippen LogP contribution in [0.4, 0.5) is 5.69 Å². The van der Waals surface area contributed by atoms with Gasteiger partial charge in [0.05, 0.1) is 18.0 Å². The molecule has 0 spiro atoms. The third kappa shape index (κ3) is 2.38. The first-order valence-corrected chi connectivity index (χ1v) is 5.98. The zero-order chi connectivity index (χ0) is 13.1. The molecule has 1 aliphatic heterocycles. The van der Waals surface area contributed by atoms with Gasteiger partial charge in [-0.3, -0.25) is 4.98 Å². The minimum Gasteiger partial charge on any atom is -0.409 e. The van der Waals surface area contributed by atoms with E-state index in [1.54, 1.807) is 18.5 Å². The van der Waals surface area contributed by atoms with Gasteiger partial charge in [-0.15, -0.1) is 0 Å². The number of pyridine rings is 1. The number of aliphatic hydroxyl groups excluding tert-OH is 1. The summed E-state index contributed by atoms with van der Waals surface area (Å²) in [5.74, 6) is 0.353. The van der Waals surface area contributed by atoms with E-state index in [2.05, 4.69) is 10.1 Å².